The minimum Gasteiger partial charge on any atom is -0.481 e. The second-order valence-electron chi connectivity index (χ2n) is 6.80. The number of nitrogens with one attached hydrogen (secondary N) is 2. The van der Waals surface area contributed by atoms with Gasteiger partial charge in [-0.15, -0.1) is 0 Å². The minimum absolute atomic E-state index is 0.0671. The lowest BCUT2D eigenvalue weighted by Crippen LogP contribution is -2.14. The van der Waals surface area contributed by atoms with Crippen LogP contribution in [0.25, 0.3) is 11.0 Å². The summed E-state index contributed by atoms with van der Waals surface area (Å²) in [5.41, 5.74) is -1.88. The van der Waals surface area contributed by atoms with Gasteiger partial charge >= 0.3 is 17.4 Å². The molecule has 0 aliphatic heterocycles. The summed E-state index contributed by atoms with van der Waals surface area (Å²) < 4.78 is 42.3. The summed E-state index contributed by atoms with van der Waals surface area (Å²) in [5, 5.41) is 32.5. The first kappa shape index (κ1) is 24.0. The average molecular weight is 518 g/mol. The Morgan fingerprint density at radius 3 is 2.19 bits per heavy atom. The summed E-state index contributed by atoms with van der Waals surface area (Å²) in [7, 11) is -1.48. The number of rotatable bonds is 9. The molecule has 2 heterocycles. The van der Waals surface area contributed by atoms with Crippen LogP contribution in [0.4, 0.5) is 28.6 Å². The zero-order valence-corrected chi connectivity index (χ0v) is 19.0. The Morgan fingerprint density at radius 2 is 1.58 bits per heavy atom. The van der Waals surface area contributed by atoms with E-state index in [0.29, 0.717) is 0 Å². The molecule has 0 unspecified atom stereocenters. The monoisotopic (exact) mass is 518 g/mol. The molecule has 4 aromatic rings. The molecule has 0 atom stereocenters. The number of benzene rings is 2. The van der Waals surface area contributed by atoms with Gasteiger partial charge < -0.3 is 14.8 Å². The molecule has 0 saturated heterocycles. The molecule has 36 heavy (non-hydrogen) atoms. The van der Waals surface area contributed by atoms with Gasteiger partial charge in [-0.25, -0.2) is 13.0 Å². The van der Waals surface area contributed by atoms with Gasteiger partial charge in [-0.3, -0.25) is 25.0 Å². The number of hydrogen-bond donors (Lipinski definition) is 2. The fourth-order valence-corrected chi connectivity index (χ4v) is 4.02. The first-order chi connectivity index (χ1) is 17.1. The third-order valence-corrected chi connectivity index (χ3v) is 6.01. The number of nitrogens with zero attached hydrogens (tertiary/aromatic N) is 6. The normalized spacial score (nSPS) is 11.2. The third-order valence-electron chi connectivity index (χ3n) is 4.64. The Labute approximate surface area is 200 Å². The number of aromatic nitrogens is 4. The van der Waals surface area contributed by atoms with Gasteiger partial charge in [-0.1, -0.05) is 0 Å². The van der Waals surface area contributed by atoms with Gasteiger partial charge in [-0.2, -0.15) is 9.97 Å². The molecule has 0 bridgehead atoms. The number of methoxy groups -OCH3 is 2. The summed E-state index contributed by atoms with van der Waals surface area (Å²) >= 11 is 0. The lowest BCUT2D eigenvalue weighted by Gasteiger charge is -2.11. The molecule has 0 aliphatic rings. The van der Waals surface area contributed by atoms with Crippen molar-refractivity contribution in [2.75, 3.05) is 24.3 Å². The van der Waals surface area contributed by atoms with Crippen LogP contribution in [0, 0.1) is 20.2 Å². The van der Waals surface area contributed by atoms with Crippen molar-refractivity contribution < 1.29 is 32.4 Å². The fraction of sp³-hybridized carbons (Fsp3) is 0.111. The van der Waals surface area contributed by atoms with Crippen molar-refractivity contribution in [3.8, 4) is 11.9 Å². The lowest BCUT2D eigenvalue weighted by molar-refractivity contribution is -0.392. The van der Waals surface area contributed by atoms with E-state index in [0.717, 1.165) is 6.07 Å². The smallest absolute Gasteiger partial charge is 0.321 e. The molecular weight excluding hydrogens is 504 g/mol. The Morgan fingerprint density at radius 1 is 0.917 bits per heavy atom. The molecule has 0 radical (unpaired) electrons. The molecule has 17 nitrogen and oxygen atoms in total. The maximum Gasteiger partial charge on any atom is 0.321 e. The highest BCUT2D eigenvalue weighted by atomic mass is 32.2. The highest BCUT2D eigenvalue weighted by Crippen LogP contribution is 2.39. The molecular formula is C18H14N8O9S. The molecule has 0 spiro atoms. The van der Waals surface area contributed by atoms with Gasteiger partial charge in [-0.05, 0) is 34.6 Å². The van der Waals surface area contributed by atoms with Crippen LogP contribution >= 0.6 is 0 Å². The van der Waals surface area contributed by atoms with Crippen molar-refractivity contribution in [2.45, 2.75) is 4.90 Å². The first-order valence-corrected chi connectivity index (χ1v) is 11.1. The molecule has 18 heteroatoms. The number of sulfonamides is 1. The summed E-state index contributed by atoms with van der Waals surface area (Å²) in [6, 6.07) is 6.93. The zero-order chi connectivity index (χ0) is 26.0. The van der Waals surface area contributed by atoms with Crippen molar-refractivity contribution in [3.05, 3.63) is 56.6 Å². The van der Waals surface area contributed by atoms with Crippen molar-refractivity contribution >= 4 is 49.6 Å². The predicted molar refractivity (Wildman–Crippen MR) is 121 cm³/mol. The number of nitro benzene ring substituents is 2. The van der Waals surface area contributed by atoms with E-state index < -0.39 is 31.2 Å². The lowest BCUT2D eigenvalue weighted by atomic mass is 10.2. The average Bonchev–Trinajstić information content (AvgIpc) is 3.33. The first-order valence-electron chi connectivity index (χ1n) is 9.58. The number of non-ortho nitro benzene ring substituents is 1. The second kappa shape index (κ2) is 9.25. The van der Waals surface area contributed by atoms with Gasteiger partial charge in [0, 0.05) is 11.8 Å². The summed E-state index contributed by atoms with van der Waals surface area (Å²) in [6.07, 6.45) is 0. The van der Waals surface area contributed by atoms with Crippen LogP contribution in [-0.2, 0) is 10.0 Å². The number of nitro groups is 2. The fourth-order valence-electron chi connectivity index (χ4n) is 3.03. The topological polar surface area (TPSA) is 228 Å². The SMILES string of the molecule is COc1cc(NS(=O)(=O)c2ccc(Nc3c([N+](=O)[O-])cc([N+](=O)[O-])c4nonc34)cc2)nc(OC)n1. The van der Waals surface area contributed by atoms with Crippen LogP contribution < -0.4 is 19.5 Å². The van der Waals surface area contributed by atoms with Gasteiger partial charge in [0.2, 0.25) is 11.4 Å². The van der Waals surface area contributed by atoms with E-state index in [-0.39, 0.29) is 45.0 Å². The van der Waals surface area contributed by atoms with E-state index >= 15 is 0 Å². The molecule has 0 saturated carbocycles. The van der Waals surface area contributed by atoms with E-state index in [9.17, 15) is 28.6 Å². The molecule has 2 aromatic heterocycles. The van der Waals surface area contributed by atoms with Crippen LogP contribution in [0.15, 0.2) is 45.9 Å². The van der Waals surface area contributed by atoms with Gasteiger partial charge in [0.25, 0.3) is 10.0 Å². The Balaban J connectivity index is 1.65. The Hall–Kier alpha value is -5.13. The predicted octanol–water partition coefficient (Wildman–Crippen LogP) is 2.39. The Kier molecular flexibility index (Phi) is 6.17. The number of anilines is 3. The van der Waals surface area contributed by atoms with Crippen molar-refractivity contribution in [3.63, 3.8) is 0 Å². The maximum atomic E-state index is 12.8. The van der Waals surface area contributed by atoms with Crippen molar-refractivity contribution in [1.29, 1.82) is 0 Å². The molecule has 2 N–H and O–H groups in total. The van der Waals surface area contributed by atoms with Crippen LogP contribution in [0.3, 0.4) is 0 Å². The number of ether oxygens (including phenoxy) is 2. The van der Waals surface area contributed by atoms with E-state index in [1.54, 1.807) is 0 Å². The van der Waals surface area contributed by atoms with E-state index in [2.05, 4.69) is 34.9 Å². The highest BCUT2D eigenvalue weighted by molar-refractivity contribution is 7.92. The van der Waals surface area contributed by atoms with E-state index in [4.69, 9.17) is 9.47 Å². The standard InChI is InChI=1S/C18H14N8O9S/c1-33-14-8-13(20-18(21-14)34-2)24-36(31,32)10-5-3-9(4-6-10)19-15-11(25(27)28)7-12(26(29)30)16-17(15)23-35-22-16/h3-8,19H,1-2H3,(H,20,21,24). The van der Waals surface area contributed by atoms with Gasteiger partial charge in [0.15, 0.2) is 11.3 Å². The van der Waals surface area contributed by atoms with E-state index in [1.165, 1.54) is 44.6 Å². The van der Waals surface area contributed by atoms with Crippen LogP contribution in [0.2, 0.25) is 0 Å². The zero-order valence-electron chi connectivity index (χ0n) is 18.2. The van der Waals surface area contributed by atoms with Gasteiger partial charge in [0.1, 0.15) is 5.69 Å². The maximum absolute atomic E-state index is 12.8. The van der Waals surface area contributed by atoms with Crippen molar-refractivity contribution in [2.24, 2.45) is 0 Å². The van der Waals surface area contributed by atoms with Crippen molar-refractivity contribution in [1.82, 2.24) is 20.3 Å². The molecule has 4 rings (SSSR count). The molecule has 2 aromatic carbocycles. The van der Waals surface area contributed by atoms with Crippen LogP contribution in [0.5, 0.6) is 11.9 Å². The largest absolute Gasteiger partial charge is 0.481 e. The molecule has 0 fully saturated rings. The van der Waals surface area contributed by atoms with Crippen LogP contribution in [-0.4, -0.2) is 52.8 Å². The number of fused-ring (bicyclic) bond motifs is 1. The van der Waals surface area contributed by atoms with Gasteiger partial charge in [0.05, 0.1) is 35.0 Å². The summed E-state index contributed by atoms with van der Waals surface area (Å²) in [5.74, 6) is -0.0409. The molecule has 186 valence electrons. The quantitative estimate of drug-likeness (QED) is 0.239. The second-order valence-corrected chi connectivity index (χ2v) is 8.48. The highest BCUT2D eigenvalue weighted by Gasteiger charge is 2.29. The van der Waals surface area contributed by atoms with E-state index in [1.807, 2.05) is 0 Å². The summed E-state index contributed by atoms with van der Waals surface area (Å²) in [4.78, 5) is 28.7. The van der Waals surface area contributed by atoms with Crippen LogP contribution in [0.1, 0.15) is 0 Å². The molecule has 0 amide bonds. The minimum atomic E-state index is -4.12. The Bertz CT molecular complexity index is 1570. The molecule has 0 aliphatic carbocycles. The third kappa shape index (κ3) is 4.59. The number of hydrogen-bond acceptors (Lipinski definition) is 14. The summed E-state index contributed by atoms with van der Waals surface area (Å²) in [6.45, 7) is 0.